The minimum absolute atomic E-state index is 0.0285. The molecule has 132 valence electrons. The van der Waals surface area contributed by atoms with Gasteiger partial charge in [-0.1, -0.05) is 6.07 Å². The number of nitrogens with zero attached hydrogens (tertiary/aromatic N) is 4. The third kappa shape index (κ3) is 3.26. The van der Waals surface area contributed by atoms with E-state index in [0.29, 0.717) is 0 Å². The Morgan fingerprint density at radius 2 is 2.16 bits per heavy atom. The third-order valence-electron chi connectivity index (χ3n) is 4.83. The molecule has 2 aromatic heterocycles. The van der Waals surface area contributed by atoms with E-state index in [1.54, 1.807) is 29.0 Å². The van der Waals surface area contributed by atoms with Crippen molar-refractivity contribution >= 4 is 11.8 Å². The van der Waals surface area contributed by atoms with E-state index in [1.807, 2.05) is 39.2 Å². The standard InChI is InChI=1S/C18H23N5O2/c1-11(15-10-22(3)21-12(15)2)20-18(25)14-8-16(24)23(4)17(14)13-6-5-7-19-9-13/h5-7,9-11,14,17H,8H2,1-4H3,(H,20,25)/t11-,14-,17-/m0/s1. The molecule has 0 aromatic carbocycles. The van der Waals surface area contributed by atoms with E-state index in [-0.39, 0.29) is 30.3 Å². The van der Waals surface area contributed by atoms with Gasteiger partial charge in [0.25, 0.3) is 0 Å². The molecule has 1 N–H and O–H groups in total. The second-order valence-electron chi connectivity index (χ2n) is 6.62. The summed E-state index contributed by atoms with van der Waals surface area (Å²) >= 11 is 0. The average molecular weight is 341 g/mol. The number of pyridine rings is 1. The quantitative estimate of drug-likeness (QED) is 0.914. The molecule has 7 nitrogen and oxygen atoms in total. The lowest BCUT2D eigenvalue weighted by molar-refractivity contribution is -0.128. The van der Waals surface area contributed by atoms with E-state index >= 15 is 0 Å². The fourth-order valence-corrected chi connectivity index (χ4v) is 3.55. The molecule has 0 spiro atoms. The summed E-state index contributed by atoms with van der Waals surface area (Å²) < 4.78 is 1.73. The van der Waals surface area contributed by atoms with Crippen molar-refractivity contribution < 1.29 is 9.59 Å². The van der Waals surface area contributed by atoms with E-state index in [2.05, 4.69) is 15.4 Å². The molecular formula is C18H23N5O2. The van der Waals surface area contributed by atoms with E-state index in [9.17, 15) is 9.59 Å². The second-order valence-corrected chi connectivity index (χ2v) is 6.62. The maximum Gasteiger partial charge on any atom is 0.226 e. The van der Waals surface area contributed by atoms with Crippen LogP contribution in [-0.4, -0.2) is 38.5 Å². The molecule has 0 aliphatic carbocycles. The van der Waals surface area contributed by atoms with Crippen LogP contribution in [0.3, 0.4) is 0 Å². The maximum absolute atomic E-state index is 12.9. The van der Waals surface area contributed by atoms with E-state index in [4.69, 9.17) is 0 Å². The first-order valence-corrected chi connectivity index (χ1v) is 8.34. The molecule has 0 unspecified atom stereocenters. The molecule has 1 aliphatic rings. The van der Waals surface area contributed by atoms with Crippen molar-refractivity contribution in [2.75, 3.05) is 7.05 Å². The molecule has 2 amide bonds. The van der Waals surface area contributed by atoms with Gasteiger partial charge in [-0.05, 0) is 25.5 Å². The zero-order chi connectivity index (χ0) is 18.1. The highest BCUT2D eigenvalue weighted by Crippen LogP contribution is 2.37. The fraction of sp³-hybridized carbons (Fsp3) is 0.444. The average Bonchev–Trinajstić information content (AvgIpc) is 3.07. The molecule has 7 heteroatoms. The first kappa shape index (κ1) is 17.1. The Morgan fingerprint density at radius 3 is 2.76 bits per heavy atom. The first-order valence-electron chi connectivity index (χ1n) is 8.34. The van der Waals surface area contributed by atoms with Gasteiger partial charge in [0.2, 0.25) is 11.8 Å². The van der Waals surface area contributed by atoms with Crippen LogP contribution < -0.4 is 5.32 Å². The largest absolute Gasteiger partial charge is 0.349 e. The number of carbonyl (C=O) groups excluding carboxylic acids is 2. The highest BCUT2D eigenvalue weighted by Gasteiger charge is 2.43. The van der Waals surface area contributed by atoms with Crippen LogP contribution in [0.4, 0.5) is 0 Å². The Hall–Kier alpha value is -2.70. The lowest BCUT2D eigenvalue weighted by atomic mass is 9.93. The van der Waals surface area contributed by atoms with Gasteiger partial charge in [-0.15, -0.1) is 0 Å². The van der Waals surface area contributed by atoms with Crippen LogP contribution >= 0.6 is 0 Å². The topological polar surface area (TPSA) is 80.1 Å². The zero-order valence-electron chi connectivity index (χ0n) is 14.9. The Labute approximate surface area is 147 Å². The number of aryl methyl sites for hydroxylation is 2. The molecule has 1 saturated heterocycles. The number of hydrogen-bond acceptors (Lipinski definition) is 4. The number of hydrogen-bond donors (Lipinski definition) is 1. The summed E-state index contributed by atoms with van der Waals surface area (Å²) in [5, 5.41) is 7.36. The molecule has 2 aromatic rings. The number of amides is 2. The summed E-state index contributed by atoms with van der Waals surface area (Å²) in [4.78, 5) is 30.8. The van der Waals surface area contributed by atoms with Gasteiger partial charge >= 0.3 is 0 Å². The molecule has 0 radical (unpaired) electrons. The van der Waals surface area contributed by atoms with Crippen LogP contribution in [0, 0.1) is 12.8 Å². The Morgan fingerprint density at radius 1 is 1.40 bits per heavy atom. The monoisotopic (exact) mass is 341 g/mol. The number of carbonyl (C=O) groups is 2. The smallest absolute Gasteiger partial charge is 0.226 e. The normalized spacial score (nSPS) is 21.4. The van der Waals surface area contributed by atoms with E-state index < -0.39 is 5.92 Å². The Balaban J connectivity index is 1.80. The predicted octanol–water partition coefficient (Wildman–Crippen LogP) is 1.52. The Bertz CT molecular complexity index is 786. The molecule has 1 fully saturated rings. The summed E-state index contributed by atoms with van der Waals surface area (Å²) in [5.74, 6) is -0.581. The number of aromatic nitrogens is 3. The predicted molar refractivity (Wildman–Crippen MR) is 92.4 cm³/mol. The van der Waals surface area contributed by atoms with Gasteiger partial charge in [0.05, 0.1) is 23.7 Å². The number of rotatable bonds is 4. The van der Waals surface area contributed by atoms with Crippen molar-refractivity contribution in [3.63, 3.8) is 0 Å². The van der Waals surface area contributed by atoms with Gasteiger partial charge < -0.3 is 10.2 Å². The van der Waals surface area contributed by atoms with Gasteiger partial charge in [-0.2, -0.15) is 5.10 Å². The fourth-order valence-electron chi connectivity index (χ4n) is 3.55. The number of likely N-dealkylation sites (tertiary alicyclic amines) is 1. The minimum atomic E-state index is -0.430. The van der Waals surface area contributed by atoms with Crippen molar-refractivity contribution in [1.29, 1.82) is 0 Å². The third-order valence-corrected chi connectivity index (χ3v) is 4.83. The van der Waals surface area contributed by atoms with Gasteiger partial charge in [0.1, 0.15) is 0 Å². The van der Waals surface area contributed by atoms with Crippen LogP contribution in [-0.2, 0) is 16.6 Å². The van der Waals surface area contributed by atoms with Gasteiger partial charge in [0, 0.05) is 44.7 Å². The summed E-state index contributed by atoms with van der Waals surface area (Å²) in [6.45, 7) is 3.85. The van der Waals surface area contributed by atoms with E-state index in [1.165, 1.54) is 0 Å². The lowest BCUT2D eigenvalue weighted by Crippen LogP contribution is -2.36. The number of nitrogens with one attached hydrogen (secondary N) is 1. The van der Waals surface area contributed by atoms with Crippen LogP contribution in [0.5, 0.6) is 0 Å². The molecule has 3 heterocycles. The highest BCUT2D eigenvalue weighted by atomic mass is 16.2. The van der Waals surface area contributed by atoms with Crippen molar-refractivity contribution in [2.45, 2.75) is 32.4 Å². The molecule has 25 heavy (non-hydrogen) atoms. The van der Waals surface area contributed by atoms with Crippen LogP contribution in [0.15, 0.2) is 30.7 Å². The second kappa shape index (κ2) is 6.66. The van der Waals surface area contributed by atoms with Crippen molar-refractivity contribution in [1.82, 2.24) is 25.0 Å². The molecular weight excluding hydrogens is 318 g/mol. The summed E-state index contributed by atoms with van der Waals surface area (Å²) in [6, 6.07) is 3.27. The summed E-state index contributed by atoms with van der Waals surface area (Å²) in [5.41, 5.74) is 2.74. The first-order chi connectivity index (χ1) is 11.9. The molecule has 0 saturated carbocycles. The van der Waals surface area contributed by atoms with Gasteiger partial charge in [0.15, 0.2) is 0 Å². The molecule has 3 rings (SSSR count). The summed E-state index contributed by atoms with van der Waals surface area (Å²) in [6.07, 6.45) is 5.52. The lowest BCUT2D eigenvalue weighted by Gasteiger charge is -2.25. The maximum atomic E-state index is 12.9. The van der Waals surface area contributed by atoms with Gasteiger partial charge in [-0.3, -0.25) is 19.3 Å². The molecule has 3 atom stereocenters. The highest BCUT2D eigenvalue weighted by molar-refractivity contribution is 5.90. The van der Waals surface area contributed by atoms with Crippen LogP contribution in [0.2, 0.25) is 0 Å². The van der Waals surface area contributed by atoms with Crippen molar-refractivity contribution in [2.24, 2.45) is 13.0 Å². The minimum Gasteiger partial charge on any atom is -0.349 e. The SMILES string of the molecule is Cc1nn(C)cc1[C@H](C)NC(=O)[C@H]1CC(=O)N(C)[C@H]1c1cccnc1. The zero-order valence-corrected chi connectivity index (χ0v) is 14.9. The van der Waals surface area contributed by atoms with Gasteiger partial charge in [-0.25, -0.2) is 0 Å². The Kier molecular flexibility index (Phi) is 4.57. The molecule has 0 bridgehead atoms. The van der Waals surface area contributed by atoms with Crippen LogP contribution in [0.25, 0.3) is 0 Å². The van der Waals surface area contributed by atoms with Crippen LogP contribution in [0.1, 0.15) is 42.2 Å². The molecule has 1 aliphatic heterocycles. The van der Waals surface area contributed by atoms with Crippen molar-refractivity contribution in [3.05, 3.63) is 47.5 Å². The van der Waals surface area contributed by atoms with E-state index in [0.717, 1.165) is 16.8 Å². The van der Waals surface area contributed by atoms with Crippen molar-refractivity contribution in [3.8, 4) is 0 Å². The summed E-state index contributed by atoms with van der Waals surface area (Å²) in [7, 11) is 3.59.